The molecular formula is C16H12F4N6. The normalized spacial score (nSPS) is 17.9. The molecule has 1 aliphatic rings. The van der Waals surface area contributed by atoms with Crippen LogP contribution in [-0.2, 0) is 13.0 Å². The first-order chi connectivity index (χ1) is 12.1. The fourth-order valence-corrected chi connectivity index (χ4v) is 2.89. The quantitative estimate of drug-likeness (QED) is 0.623. The first-order valence-corrected chi connectivity index (χ1v) is 7.63. The van der Waals surface area contributed by atoms with Gasteiger partial charge in [-0.3, -0.25) is 9.67 Å². The molecule has 3 aromatic rings. The molecule has 2 aromatic heterocycles. The van der Waals surface area contributed by atoms with E-state index in [1.807, 2.05) is 0 Å². The van der Waals surface area contributed by atoms with Crippen LogP contribution in [0.3, 0.4) is 0 Å². The number of hydrogen-bond donors (Lipinski definition) is 0. The first kappa shape index (κ1) is 16.6. The molecule has 0 atom stereocenters. The molecule has 1 aliphatic heterocycles. The Bertz CT molecular complexity index is 1090. The fourth-order valence-electron chi connectivity index (χ4n) is 2.89. The van der Waals surface area contributed by atoms with Crippen LogP contribution in [0.1, 0.15) is 30.9 Å². The third kappa shape index (κ3) is 2.07. The van der Waals surface area contributed by atoms with Crippen LogP contribution in [0.4, 0.5) is 17.6 Å². The molecule has 0 saturated heterocycles. The highest BCUT2D eigenvalue weighted by molar-refractivity contribution is 6.11. The van der Waals surface area contributed by atoms with E-state index in [0.717, 1.165) is 12.3 Å². The van der Waals surface area contributed by atoms with Gasteiger partial charge in [-0.15, -0.1) is 10.2 Å². The van der Waals surface area contributed by atoms with Crippen LogP contribution in [0, 0.1) is 11.6 Å². The number of alkyl halides is 2. The van der Waals surface area contributed by atoms with Crippen molar-refractivity contribution >= 4 is 16.7 Å². The summed E-state index contributed by atoms with van der Waals surface area (Å²) in [6.45, 7) is 2.57. The standard InChI is InChI=1S/C16H12F4N6/c1-15(2)16(19,20)7-6-21-26(3)13(7)12(23-15)14-22-9-5-4-8(17)10(18)11(9)24-25-14/h4-6H,1-3H3. The van der Waals surface area contributed by atoms with Crippen LogP contribution in [-0.4, -0.2) is 36.2 Å². The highest BCUT2D eigenvalue weighted by Gasteiger charge is 2.54. The summed E-state index contributed by atoms with van der Waals surface area (Å²) in [5, 5.41) is 11.3. The van der Waals surface area contributed by atoms with Crippen LogP contribution in [0.5, 0.6) is 0 Å². The van der Waals surface area contributed by atoms with Crippen molar-refractivity contribution < 1.29 is 17.6 Å². The zero-order valence-corrected chi connectivity index (χ0v) is 13.9. The Balaban J connectivity index is 1.98. The molecule has 0 bridgehead atoms. The van der Waals surface area contributed by atoms with E-state index in [1.54, 1.807) is 0 Å². The molecule has 26 heavy (non-hydrogen) atoms. The largest absolute Gasteiger partial charge is 0.300 e. The van der Waals surface area contributed by atoms with E-state index in [1.165, 1.54) is 31.6 Å². The summed E-state index contributed by atoms with van der Waals surface area (Å²) in [5.74, 6) is -5.57. The third-order valence-corrected chi connectivity index (χ3v) is 4.39. The number of halogens is 4. The number of nitrogens with zero attached hydrogens (tertiary/aromatic N) is 6. The Morgan fingerprint density at radius 1 is 1.08 bits per heavy atom. The van der Waals surface area contributed by atoms with Gasteiger partial charge in [0.1, 0.15) is 11.3 Å². The summed E-state index contributed by atoms with van der Waals surface area (Å²) in [7, 11) is 1.49. The maximum absolute atomic E-state index is 14.7. The lowest BCUT2D eigenvalue weighted by atomic mass is 9.86. The van der Waals surface area contributed by atoms with Gasteiger partial charge in [-0.2, -0.15) is 13.9 Å². The average molecular weight is 364 g/mol. The minimum Gasteiger partial charge on any atom is -0.266 e. The van der Waals surface area contributed by atoms with E-state index < -0.39 is 23.1 Å². The van der Waals surface area contributed by atoms with Crippen molar-refractivity contribution in [2.75, 3.05) is 0 Å². The molecule has 0 radical (unpaired) electrons. The van der Waals surface area contributed by atoms with Crippen molar-refractivity contribution in [1.29, 1.82) is 0 Å². The lowest BCUT2D eigenvalue weighted by Gasteiger charge is -2.34. The van der Waals surface area contributed by atoms with Crippen molar-refractivity contribution in [3.63, 3.8) is 0 Å². The average Bonchev–Trinajstić information content (AvgIpc) is 2.97. The predicted octanol–water partition coefficient (Wildman–Crippen LogP) is 2.76. The number of rotatable bonds is 1. The van der Waals surface area contributed by atoms with Gasteiger partial charge >= 0.3 is 5.92 Å². The van der Waals surface area contributed by atoms with Gasteiger partial charge in [0.05, 0.1) is 23.0 Å². The summed E-state index contributed by atoms with van der Waals surface area (Å²) >= 11 is 0. The number of hydrogen-bond acceptors (Lipinski definition) is 5. The topological polar surface area (TPSA) is 68.8 Å². The molecule has 0 N–H and O–H groups in total. The van der Waals surface area contributed by atoms with Gasteiger partial charge < -0.3 is 0 Å². The number of aryl methyl sites for hydroxylation is 1. The Kier molecular flexibility index (Phi) is 3.22. The van der Waals surface area contributed by atoms with Gasteiger partial charge in [0.25, 0.3) is 0 Å². The van der Waals surface area contributed by atoms with E-state index in [-0.39, 0.29) is 33.8 Å². The lowest BCUT2D eigenvalue weighted by molar-refractivity contribution is -0.0683. The minimum absolute atomic E-state index is 0.0375. The van der Waals surface area contributed by atoms with Gasteiger partial charge in [0, 0.05) is 7.05 Å². The maximum Gasteiger partial charge on any atom is 0.300 e. The van der Waals surface area contributed by atoms with Crippen LogP contribution in [0.25, 0.3) is 11.0 Å². The molecule has 0 unspecified atom stereocenters. The second kappa shape index (κ2) is 5.05. The summed E-state index contributed by atoms with van der Waals surface area (Å²) in [4.78, 5) is 8.27. The maximum atomic E-state index is 14.7. The molecule has 6 nitrogen and oxygen atoms in total. The highest BCUT2D eigenvalue weighted by Crippen LogP contribution is 2.46. The first-order valence-electron chi connectivity index (χ1n) is 7.63. The second-order valence-corrected chi connectivity index (χ2v) is 6.49. The van der Waals surface area contributed by atoms with Gasteiger partial charge in [-0.05, 0) is 26.0 Å². The molecule has 0 fully saturated rings. The Hall–Kier alpha value is -2.91. The molecule has 134 valence electrons. The summed E-state index contributed by atoms with van der Waals surface area (Å²) in [5.41, 5.74) is -2.27. The Labute approximate surface area is 144 Å². The zero-order chi connectivity index (χ0) is 18.9. The molecule has 3 heterocycles. The molecule has 10 heteroatoms. The molecule has 4 rings (SSSR count). The molecule has 0 amide bonds. The number of benzene rings is 1. The predicted molar refractivity (Wildman–Crippen MR) is 84.1 cm³/mol. The van der Waals surface area contributed by atoms with Crippen molar-refractivity contribution in [3.8, 4) is 0 Å². The highest BCUT2D eigenvalue weighted by atomic mass is 19.3. The Morgan fingerprint density at radius 2 is 1.81 bits per heavy atom. The van der Waals surface area contributed by atoms with E-state index in [0.29, 0.717) is 0 Å². The SMILES string of the molecule is Cn1ncc2c1C(c1nnc3c(F)c(F)ccc3n1)=NC(C)(C)C2(F)F. The van der Waals surface area contributed by atoms with Gasteiger partial charge in [-0.1, -0.05) is 0 Å². The monoisotopic (exact) mass is 364 g/mol. The van der Waals surface area contributed by atoms with E-state index >= 15 is 0 Å². The molecule has 0 aliphatic carbocycles. The van der Waals surface area contributed by atoms with E-state index in [9.17, 15) is 17.6 Å². The smallest absolute Gasteiger partial charge is 0.266 e. The van der Waals surface area contributed by atoms with Crippen LogP contribution in [0.2, 0.25) is 0 Å². The van der Waals surface area contributed by atoms with Crippen molar-refractivity contribution in [3.05, 3.63) is 47.0 Å². The van der Waals surface area contributed by atoms with E-state index in [4.69, 9.17) is 0 Å². The number of aromatic nitrogens is 5. The second-order valence-electron chi connectivity index (χ2n) is 6.49. The van der Waals surface area contributed by atoms with Gasteiger partial charge in [-0.25, -0.2) is 13.8 Å². The molecule has 1 aromatic carbocycles. The summed E-state index contributed by atoms with van der Waals surface area (Å²) in [6.07, 6.45) is 1.08. The van der Waals surface area contributed by atoms with Crippen LogP contribution in [0.15, 0.2) is 23.3 Å². The zero-order valence-electron chi connectivity index (χ0n) is 13.9. The van der Waals surface area contributed by atoms with Gasteiger partial charge in [0.15, 0.2) is 17.2 Å². The van der Waals surface area contributed by atoms with Crippen LogP contribution < -0.4 is 0 Å². The van der Waals surface area contributed by atoms with Crippen LogP contribution >= 0.6 is 0 Å². The number of aliphatic imine (C=N–C) groups is 1. The Morgan fingerprint density at radius 3 is 2.54 bits per heavy atom. The fraction of sp³-hybridized carbons (Fsp3) is 0.312. The minimum atomic E-state index is -3.25. The molecular weight excluding hydrogens is 352 g/mol. The third-order valence-electron chi connectivity index (χ3n) is 4.39. The summed E-state index contributed by atoms with van der Waals surface area (Å²) < 4.78 is 57.8. The molecule has 0 saturated carbocycles. The number of fused-ring (bicyclic) bond motifs is 2. The summed E-state index contributed by atoms with van der Waals surface area (Å²) in [6, 6.07) is 2.14. The lowest BCUT2D eigenvalue weighted by Crippen LogP contribution is -2.44. The van der Waals surface area contributed by atoms with Crippen molar-refractivity contribution in [2.45, 2.75) is 25.3 Å². The van der Waals surface area contributed by atoms with Crippen molar-refractivity contribution in [2.24, 2.45) is 12.0 Å². The molecule has 0 spiro atoms. The van der Waals surface area contributed by atoms with E-state index in [2.05, 4.69) is 25.3 Å². The van der Waals surface area contributed by atoms with Gasteiger partial charge in [0.2, 0.25) is 5.82 Å². The van der Waals surface area contributed by atoms with Crippen molar-refractivity contribution in [1.82, 2.24) is 25.0 Å².